The van der Waals surface area contributed by atoms with Gasteiger partial charge in [-0.2, -0.15) is 4.98 Å². The zero-order chi connectivity index (χ0) is 24.5. The van der Waals surface area contributed by atoms with Crippen molar-refractivity contribution in [3.8, 4) is 0 Å². The van der Waals surface area contributed by atoms with E-state index in [-0.39, 0.29) is 41.6 Å². The molecule has 0 radical (unpaired) electrons. The fraction of sp³-hybridized carbons (Fsp3) is 0.500. The predicted molar refractivity (Wildman–Crippen MR) is 127 cm³/mol. The van der Waals surface area contributed by atoms with Crippen molar-refractivity contribution in [2.75, 3.05) is 10.6 Å². The molecule has 1 aromatic carbocycles. The van der Waals surface area contributed by atoms with Gasteiger partial charge in [-0.15, -0.1) is 0 Å². The first-order valence-electron chi connectivity index (χ1n) is 12.1. The van der Waals surface area contributed by atoms with Crippen molar-refractivity contribution in [1.29, 1.82) is 0 Å². The lowest BCUT2D eigenvalue weighted by atomic mass is 9.85. The Bertz CT molecular complexity index is 1210. The maximum atomic E-state index is 14.4. The van der Waals surface area contributed by atoms with Crippen molar-refractivity contribution in [1.82, 2.24) is 19.5 Å². The number of carbonyl (C=O) groups is 1. The Kier molecular flexibility index (Phi) is 6.50. The van der Waals surface area contributed by atoms with Crippen LogP contribution < -0.4 is 16.4 Å². The largest absolute Gasteiger partial charge is 0.393 e. The molecular weight excluding hydrogens is 456 g/mol. The lowest BCUT2D eigenvalue weighted by Gasteiger charge is -2.29. The standard InChI is InChI=1S/C24H29F2N7O2/c25-17-5-2-6-18(26)20(17)31-24-30-19-12-28-23(29-14-3-1-4-16(34)11-14)32-22(19)33(24)15-9-7-13(8-10-15)21(27)35/h2,5-6,12-16,34H,1,3-4,7-11H2,(H2,27,35)(H,30,31)(H,28,29,32)/t13?,14-,15?,16-/m0/s1. The van der Waals surface area contributed by atoms with Crippen LogP contribution in [0.2, 0.25) is 0 Å². The van der Waals surface area contributed by atoms with Crippen LogP contribution in [0.1, 0.15) is 57.4 Å². The predicted octanol–water partition coefficient (Wildman–Crippen LogP) is 3.78. The molecule has 186 valence electrons. The number of benzene rings is 1. The molecule has 0 saturated heterocycles. The van der Waals surface area contributed by atoms with E-state index in [2.05, 4.69) is 20.6 Å². The highest BCUT2D eigenvalue weighted by Gasteiger charge is 2.30. The molecule has 35 heavy (non-hydrogen) atoms. The first-order chi connectivity index (χ1) is 16.9. The van der Waals surface area contributed by atoms with Crippen molar-refractivity contribution < 1.29 is 18.7 Å². The molecule has 2 atom stereocenters. The molecule has 5 N–H and O–H groups in total. The van der Waals surface area contributed by atoms with Crippen molar-refractivity contribution in [3.63, 3.8) is 0 Å². The van der Waals surface area contributed by atoms with Gasteiger partial charge < -0.3 is 21.5 Å². The lowest BCUT2D eigenvalue weighted by Crippen LogP contribution is -2.30. The summed E-state index contributed by atoms with van der Waals surface area (Å²) in [5, 5.41) is 16.1. The number of rotatable bonds is 6. The molecule has 3 aromatic rings. The molecule has 2 aliphatic rings. The maximum Gasteiger partial charge on any atom is 0.224 e. The van der Waals surface area contributed by atoms with Crippen molar-refractivity contribution in [3.05, 3.63) is 36.0 Å². The molecule has 1 amide bonds. The third-order valence-electron chi connectivity index (χ3n) is 7.08. The number of aromatic nitrogens is 4. The van der Waals surface area contributed by atoms with Gasteiger partial charge in [0.15, 0.2) is 5.65 Å². The average molecular weight is 486 g/mol. The second kappa shape index (κ2) is 9.73. The number of fused-ring (bicyclic) bond motifs is 1. The molecule has 2 aliphatic carbocycles. The molecule has 5 rings (SSSR count). The topological polar surface area (TPSA) is 131 Å². The molecule has 9 nitrogen and oxygen atoms in total. The van der Waals surface area contributed by atoms with Gasteiger partial charge >= 0.3 is 0 Å². The zero-order valence-corrected chi connectivity index (χ0v) is 19.3. The van der Waals surface area contributed by atoms with Gasteiger partial charge in [-0.1, -0.05) is 6.07 Å². The SMILES string of the molecule is NC(=O)C1CCC(n2c(Nc3c(F)cccc3F)nc3cnc(N[C@H]4CCC[C@H](O)C4)nc32)CC1. The monoisotopic (exact) mass is 485 g/mol. The number of nitrogens with zero attached hydrogens (tertiary/aromatic N) is 4. The molecule has 2 saturated carbocycles. The second-order valence-corrected chi connectivity index (χ2v) is 9.50. The smallest absolute Gasteiger partial charge is 0.224 e. The van der Waals surface area contributed by atoms with Crippen LogP contribution in [0, 0.1) is 17.6 Å². The molecule has 0 bridgehead atoms. The van der Waals surface area contributed by atoms with Gasteiger partial charge in [0.2, 0.25) is 17.8 Å². The van der Waals surface area contributed by atoms with Crippen LogP contribution in [0.15, 0.2) is 24.4 Å². The molecule has 0 aliphatic heterocycles. The number of hydrogen-bond acceptors (Lipinski definition) is 7. The summed E-state index contributed by atoms with van der Waals surface area (Å²) in [6, 6.07) is 3.62. The number of halogens is 2. The van der Waals surface area contributed by atoms with E-state index in [1.165, 1.54) is 18.2 Å². The van der Waals surface area contributed by atoms with Crippen LogP contribution in [0.4, 0.5) is 26.4 Å². The Hall–Kier alpha value is -3.34. The van der Waals surface area contributed by atoms with E-state index >= 15 is 0 Å². The minimum absolute atomic E-state index is 0.0590. The van der Waals surface area contributed by atoms with Crippen molar-refractivity contribution in [2.24, 2.45) is 11.7 Å². The van der Waals surface area contributed by atoms with E-state index in [0.29, 0.717) is 49.2 Å². The molecule has 2 aromatic heterocycles. The van der Waals surface area contributed by atoms with Gasteiger partial charge in [-0.3, -0.25) is 9.36 Å². The number of hydrogen-bond donors (Lipinski definition) is 4. The first-order valence-corrected chi connectivity index (χ1v) is 12.1. The van der Waals surface area contributed by atoms with E-state index < -0.39 is 11.6 Å². The first kappa shape index (κ1) is 23.4. The normalized spacial score (nSPS) is 24.9. The van der Waals surface area contributed by atoms with Crippen LogP contribution in [0.3, 0.4) is 0 Å². The van der Waals surface area contributed by atoms with Crippen LogP contribution in [-0.4, -0.2) is 42.7 Å². The minimum Gasteiger partial charge on any atom is -0.393 e. The summed E-state index contributed by atoms with van der Waals surface area (Å²) in [7, 11) is 0. The maximum absolute atomic E-state index is 14.4. The molecule has 0 spiro atoms. The van der Waals surface area contributed by atoms with Gasteiger partial charge in [0.05, 0.1) is 12.3 Å². The lowest BCUT2D eigenvalue weighted by molar-refractivity contribution is -0.122. The summed E-state index contributed by atoms with van der Waals surface area (Å²) in [4.78, 5) is 25.3. The van der Waals surface area contributed by atoms with Gasteiger partial charge in [0, 0.05) is 18.0 Å². The van der Waals surface area contributed by atoms with E-state index in [4.69, 9.17) is 10.7 Å². The number of primary amides is 1. The van der Waals surface area contributed by atoms with E-state index in [1.807, 2.05) is 4.57 Å². The highest BCUT2D eigenvalue weighted by Crippen LogP contribution is 2.37. The van der Waals surface area contributed by atoms with E-state index in [9.17, 15) is 18.7 Å². The number of aliphatic hydroxyl groups excluding tert-OH is 1. The third kappa shape index (κ3) is 4.90. The molecule has 2 fully saturated rings. The highest BCUT2D eigenvalue weighted by atomic mass is 19.1. The highest BCUT2D eigenvalue weighted by molar-refractivity contribution is 5.78. The Balaban J connectivity index is 1.51. The summed E-state index contributed by atoms with van der Waals surface area (Å²) in [5.41, 5.74) is 6.22. The number of nitrogens with two attached hydrogens (primary N) is 1. The summed E-state index contributed by atoms with van der Waals surface area (Å²) in [5.74, 6) is -1.30. The molecule has 11 heteroatoms. The fourth-order valence-corrected chi connectivity index (χ4v) is 5.22. The fourth-order valence-electron chi connectivity index (χ4n) is 5.22. The van der Waals surface area contributed by atoms with Gasteiger partial charge in [0.25, 0.3) is 0 Å². The average Bonchev–Trinajstić information content (AvgIpc) is 3.19. The summed E-state index contributed by atoms with van der Waals surface area (Å²) in [6.07, 6.45) is 7.01. The summed E-state index contributed by atoms with van der Waals surface area (Å²) < 4.78 is 30.7. The molecule has 2 heterocycles. The number of aliphatic hydroxyl groups is 1. The summed E-state index contributed by atoms with van der Waals surface area (Å²) >= 11 is 0. The van der Waals surface area contributed by atoms with Crippen molar-refractivity contribution >= 4 is 34.7 Å². The van der Waals surface area contributed by atoms with E-state index in [1.54, 1.807) is 6.20 Å². The minimum atomic E-state index is -0.731. The number of anilines is 3. The number of amides is 1. The van der Waals surface area contributed by atoms with Gasteiger partial charge in [-0.05, 0) is 63.5 Å². The third-order valence-corrected chi connectivity index (χ3v) is 7.08. The van der Waals surface area contributed by atoms with Crippen molar-refractivity contribution in [2.45, 2.75) is 69.6 Å². The number of imidazole rings is 1. The number of nitrogens with one attached hydrogen (secondary N) is 2. The van der Waals surface area contributed by atoms with Gasteiger partial charge in [-0.25, -0.2) is 18.7 Å². The van der Waals surface area contributed by atoms with Crippen LogP contribution in [0.25, 0.3) is 11.2 Å². The Morgan fingerprint density at radius 3 is 2.51 bits per heavy atom. The van der Waals surface area contributed by atoms with Crippen LogP contribution >= 0.6 is 0 Å². The Morgan fingerprint density at radius 1 is 1.09 bits per heavy atom. The summed E-state index contributed by atoms with van der Waals surface area (Å²) in [6.45, 7) is 0. The molecular formula is C24H29F2N7O2. The Morgan fingerprint density at radius 2 is 1.83 bits per heavy atom. The zero-order valence-electron chi connectivity index (χ0n) is 19.3. The molecule has 0 unspecified atom stereocenters. The van der Waals surface area contributed by atoms with Crippen LogP contribution in [-0.2, 0) is 4.79 Å². The number of para-hydroxylation sites is 1. The van der Waals surface area contributed by atoms with E-state index in [0.717, 1.165) is 19.3 Å². The number of carbonyl (C=O) groups excluding carboxylic acids is 1. The van der Waals surface area contributed by atoms with Gasteiger partial charge in [0.1, 0.15) is 22.8 Å². The Labute approximate surface area is 201 Å². The van der Waals surface area contributed by atoms with Crippen LogP contribution in [0.5, 0.6) is 0 Å². The second-order valence-electron chi connectivity index (χ2n) is 9.50. The quantitative estimate of drug-likeness (QED) is 0.418.